The van der Waals surface area contributed by atoms with Crippen LogP contribution in [-0.4, -0.2) is 10.8 Å². The molecule has 0 saturated heterocycles. The Balaban J connectivity index is 1.57. The molecule has 0 amide bonds. The van der Waals surface area contributed by atoms with Gasteiger partial charge in [0.15, 0.2) is 5.11 Å². The number of hydrazone groups is 1. The van der Waals surface area contributed by atoms with Gasteiger partial charge in [0.1, 0.15) is 0 Å². The number of allylic oxidation sites excluding steroid dienone is 2. The van der Waals surface area contributed by atoms with Crippen LogP contribution in [0, 0.1) is 25.7 Å². The fourth-order valence-electron chi connectivity index (χ4n) is 2.89. The third-order valence-corrected chi connectivity index (χ3v) is 4.27. The van der Waals surface area contributed by atoms with Gasteiger partial charge >= 0.3 is 0 Å². The predicted molar refractivity (Wildman–Crippen MR) is 88.1 cm³/mol. The van der Waals surface area contributed by atoms with E-state index in [1.54, 1.807) is 0 Å². The zero-order valence-corrected chi connectivity index (χ0v) is 12.6. The normalized spacial score (nSPS) is 25.2. The second kappa shape index (κ2) is 5.37. The molecule has 0 spiro atoms. The van der Waals surface area contributed by atoms with E-state index in [-0.39, 0.29) is 0 Å². The maximum absolute atomic E-state index is 5.29. The van der Waals surface area contributed by atoms with Gasteiger partial charge in [-0.15, -0.1) is 0 Å². The summed E-state index contributed by atoms with van der Waals surface area (Å²) < 4.78 is 0. The van der Waals surface area contributed by atoms with Crippen molar-refractivity contribution in [3.63, 3.8) is 0 Å². The molecule has 1 aromatic carbocycles. The van der Waals surface area contributed by atoms with Crippen molar-refractivity contribution in [3.05, 3.63) is 41.5 Å². The standard InChI is InChI=1S/C16H19N3S/c1-10-6-7-14(11(2)8-10)17-16(20)19-18-15-9-12-4-3-5-13(12)15/h3,5-8,12-13H,4,9H2,1-2H3,(H2,17,19,20)/b18-15-/t12-,13+/m0/s1. The van der Waals surface area contributed by atoms with E-state index < -0.39 is 0 Å². The second-order valence-electron chi connectivity index (χ2n) is 5.64. The van der Waals surface area contributed by atoms with Crippen molar-refractivity contribution in [1.82, 2.24) is 5.43 Å². The van der Waals surface area contributed by atoms with Crippen LogP contribution >= 0.6 is 12.2 Å². The molecule has 104 valence electrons. The third kappa shape index (κ3) is 2.61. The smallest absolute Gasteiger partial charge is 0.191 e. The zero-order chi connectivity index (χ0) is 14.1. The highest BCUT2D eigenvalue weighted by Crippen LogP contribution is 2.40. The van der Waals surface area contributed by atoms with Crippen LogP contribution in [0.15, 0.2) is 35.5 Å². The number of nitrogens with one attached hydrogen (secondary N) is 2. The van der Waals surface area contributed by atoms with E-state index in [9.17, 15) is 0 Å². The molecule has 0 unspecified atom stereocenters. The van der Waals surface area contributed by atoms with E-state index in [1.165, 1.54) is 23.3 Å². The zero-order valence-electron chi connectivity index (χ0n) is 11.8. The van der Waals surface area contributed by atoms with Crippen molar-refractivity contribution in [1.29, 1.82) is 0 Å². The summed E-state index contributed by atoms with van der Waals surface area (Å²) in [5.74, 6) is 1.34. The molecular weight excluding hydrogens is 266 g/mol. The van der Waals surface area contributed by atoms with E-state index in [0.29, 0.717) is 11.0 Å². The number of hydrogen-bond donors (Lipinski definition) is 2. The Labute approximate surface area is 125 Å². The largest absolute Gasteiger partial charge is 0.331 e. The van der Waals surface area contributed by atoms with E-state index in [4.69, 9.17) is 12.2 Å². The number of benzene rings is 1. The molecule has 0 bridgehead atoms. The highest BCUT2D eigenvalue weighted by Gasteiger charge is 2.37. The summed E-state index contributed by atoms with van der Waals surface area (Å²) in [6.07, 6.45) is 6.81. The molecule has 3 rings (SSSR count). The minimum absolute atomic E-state index is 0.548. The van der Waals surface area contributed by atoms with Crippen molar-refractivity contribution in [2.45, 2.75) is 26.7 Å². The summed E-state index contributed by atoms with van der Waals surface area (Å²) in [5, 5.41) is 8.17. The lowest BCUT2D eigenvalue weighted by Gasteiger charge is -2.31. The summed E-state index contributed by atoms with van der Waals surface area (Å²) in [4.78, 5) is 0. The van der Waals surface area contributed by atoms with Gasteiger partial charge in [-0.2, -0.15) is 5.10 Å². The highest BCUT2D eigenvalue weighted by atomic mass is 32.1. The third-order valence-electron chi connectivity index (χ3n) is 4.08. The van der Waals surface area contributed by atoms with Crippen LogP contribution in [-0.2, 0) is 0 Å². The predicted octanol–water partition coefficient (Wildman–Crippen LogP) is 3.54. The fourth-order valence-corrected chi connectivity index (χ4v) is 3.04. The Bertz CT molecular complexity index is 604. The highest BCUT2D eigenvalue weighted by molar-refractivity contribution is 7.80. The molecule has 3 nitrogen and oxygen atoms in total. The minimum Gasteiger partial charge on any atom is -0.331 e. The summed E-state index contributed by atoms with van der Waals surface area (Å²) in [5.41, 5.74) is 7.64. The van der Waals surface area contributed by atoms with Crippen LogP contribution in [0.5, 0.6) is 0 Å². The van der Waals surface area contributed by atoms with Gasteiger partial charge in [0.25, 0.3) is 0 Å². The first-order chi connectivity index (χ1) is 9.63. The van der Waals surface area contributed by atoms with Gasteiger partial charge in [-0.05, 0) is 56.5 Å². The van der Waals surface area contributed by atoms with Crippen LogP contribution in [0.25, 0.3) is 0 Å². The van der Waals surface area contributed by atoms with Gasteiger partial charge in [-0.1, -0.05) is 29.8 Å². The molecule has 0 aliphatic heterocycles. The average Bonchev–Trinajstić information content (AvgIpc) is 2.75. The summed E-state index contributed by atoms with van der Waals surface area (Å²) in [6.45, 7) is 4.16. The maximum Gasteiger partial charge on any atom is 0.191 e. The van der Waals surface area contributed by atoms with Gasteiger partial charge in [-0.3, -0.25) is 5.43 Å². The van der Waals surface area contributed by atoms with E-state index in [1.807, 2.05) is 6.07 Å². The minimum atomic E-state index is 0.548. The van der Waals surface area contributed by atoms with E-state index in [2.05, 4.69) is 54.0 Å². The lowest BCUT2D eigenvalue weighted by atomic mass is 9.74. The molecule has 0 heterocycles. The molecule has 1 saturated carbocycles. The average molecular weight is 285 g/mol. The van der Waals surface area contributed by atoms with Crippen LogP contribution in [0.4, 0.5) is 5.69 Å². The van der Waals surface area contributed by atoms with Gasteiger partial charge in [0, 0.05) is 17.3 Å². The SMILES string of the molecule is Cc1ccc(NC(=S)N/N=C2/C[C@@H]3CC=C[C@@H]23)c(C)c1. The first-order valence-corrected chi connectivity index (χ1v) is 7.41. The summed E-state index contributed by atoms with van der Waals surface area (Å²) in [6, 6.07) is 6.26. The van der Waals surface area contributed by atoms with Crippen LogP contribution in [0.1, 0.15) is 24.0 Å². The summed E-state index contributed by atoms with van der Waals surface area (Å²) >= 11 is 5.29. The number of hydrogen-bond acceptors (Lipinski definition) is 2. The molecule has 20 heavy (non-hydrogen) atoms. The number of fused-ring (bicyclic) bond motifs is 1. The van der Waals surface area contributed by atoms with Crippen LogP contribution in [0.2, 0.25) is 0 Å². The molecule has 2 aliphatic rings. The van der Waals surface area contributed by atoms with Crippen molar-refractivity contribution < 1.29 is 0 Å². The van der Waals surface area contributed by atoms with Crippen molar-refractivity contribution in [2.24, 2.45) is 16.9 Å². The van der Waals surface area contributed by atoms with Gasteiger partial charge < -0.3 is 5.32 Å². The van der Waals surface area contributed by atoms with Gasteiger partial charge in [0.05, 0.1) is 0 Å². The Morgan fingerprint density at radius 2 is 2.20 bits per heavy atom. The van der Waals surface area contributed by atoms with Crippen molar-refractivity contribution >= 4 is 28.7 Å². The monoisotopic (exact) mass is 285 g/mol. The Hall–Kier alpha value is -1.68. The van der Waals surface area contributed by atoms with Gasteiger partial charge in [-0.25, -0.2) is 0 Å². The molecule has 0 radical (unpaired) electrons. The molecule has 4 heteroatoms. The number of nitrogens with zero attached hydrogens (tertiary/aromatic N) is 1. The quantitative estimate of drug-likeness (QED) is 0.496. The molecule has 1 fully saturated rings. The Morgan fingerprint density at radius 3 is 2.95 bits per heavy atom. The second-order valence-corrected chi connectivity index (χ2v) is 6.05. The molecule has 2 N–H and O–H groups in total. The van der Waals surface area contributed by atoms with Crippen LogP contribution in [0.3, 0.4) is 0 Å². The van der Waals surface area contributed by atoms with Crippen molar-refractivity contribution in [3.8, 4) is 0 Å². The first kappa shape index (κ1) is 13.3. The van der Waals surface area contributed by atoms with E-state index >= 15 is 0 Å². The number of aryl methyl sites for hydroxylation is 2. The molecule has 0 aromatic heterocycles. The van der Waals surface area contributed by atoms with Crippen molar-refractivity contribution in [2.75, 3.05) is 5.32 Å². The molecule has 2 atom stereocenters. The molecule has 2 aliphatic carbocycles. The lowest BCUT2D eigenvalue weighted by molar-refractivity contribution is 0.444. The van der Waals surface area contributed by atoms with Crippen LogP contribution < -0.4 is 10.7 Å². The number of thiocarbonyl (C=S) groups is 1. The summed E-state index contributed by atoms with van der Waals surface area (Å²) in [7, 11) is 0. The maximum atomic E-state index is 5.29. The van der Waals surface area contributed by atoms with E-state index in [0.717, 1.165) is 18.0 Å². The fraction of sp³-hybridized carbons (Fsp3) is 0.375. The van der Waals surface area contributed by atoms with Gasteiger partial charge in [0.2, 0.25) is 0 Å². The first-order valence-electron chi connectivity index (χ1n) is 7.01. The Morgan fingerprint density at radius 1 is 1.35 bits per heavy atom. The number of anilines is 1. The molecular formula is C16H19N3S. The number of rotatable bonds is 2. The Kier molecular flexibility index (Phi) is 3.57. The topological polar surface area (TPSA) is 36.4 Å². The molecule has 1 aromatic rings. The lowest BCUT2D eigenvalue weighted by Crippen LogP contribution is -2.36.